The van der Waals surface area contributed by atoms with Crippen molar-refractivity contribution in [2.45, 2.75) is 4.90 Å². The van der Waals surface area contributed by atoms with Crippen LogP contribution in [0.25, 0.3) is 10.8 Å². The highest BCUT2D eigenvalue weighted by molar-refractivity contribution is 7.94. The minimum absolute atomic E-state index is 0.121. The van der Waals surface area contributed by atoms with E-state index in [2.05, 4.69) is 29.8 Å². The zero-order valence-corrected chi connectivity index (χ0v) is 14.9. The minimum atomic E-state index is -0.198. The van der Waals surface area contributed by atoms with E-state index >= 15 is 0 Å². The third-order valence-electron chi connectivity index (χ3n) is 3.62. The molecule has 0 aromatic heterocycles. The van der Waals surface area contributed by atoms with E-state index < -0.39 is 0 Å². The number of nitrogens with zero attached hydrogens (tertiary/aromatic N) is 4. The second-order valence-electron chi connectivity index (χ2n) is 5.23. The molecule has 27 heavy (non-hydrogen) atoms. The monoisotopic (exact) mass is 385 g/mol. The summed E-state index contributed by atoms with van der Waals surface area (Å²) in [5.41, 5.74) is 7.65. The Labute approximate surface area is 158 Å². The second-order valence-corrected chi connectivity index (χ2v) is 5.97. The molecule has 10 heteroatoms. The average Bonchev–Trinajstić information content (AvgIpc) is 2.69. The number of fused-ring (bicyclic) bond motifs is 1. The SMILES string of the molecule is CN=Nc1c(SOOO)cc2ccc(N=Nc3ccccc3)c(N)c2c1O. The number of azo groups is 2. The summed E-state index contributed by atoms with van der Waals surface area (Å²) >= 11 is 0.665. The van der Waals surface area contributed by atoms with Gasteiger partial charge in [0.05, 0.1) is 33.7 Å². The lowest BCUT2D eigenvalue weighted by Gasteiger charge is -2.11. The Balaban J connectivity index is 2.11. The highest BCUT2D eigenvalue weighted by Gasteiger charge is 2.18. The molecule has 0 saturated carbocycles. The molecule has 9 nitrogen and oxygen atoms in total. The summed E-state index contributed by atoms with van der Waals surface area (Å²) in [5.74, 6) is -0.198. The van der Waals surface area contributed by atoms with E-state index in [0.29, 0.717) is 39.1 Å². The third-order valence-corrected chi connectivity index (χ3v) is 4.24. The third kappa shape index (κ3) is 4.04. The number of anilines is 1. The molecular formula is C17H15N5O4S. The summed E-state index contributed by atoms with van der Waals surface area (Å²) in [6, 6.07) is 14.3. The standard InChI is InChI=1S/C17H15N5O4S/c1-19-22-16-13(27-26-25-24)9-10-7-8-12(15(18)14(10)17(16)23)21-20-11-5-3-2-4-6-11/h2-9,23-24H,18H2,1H3. The van der Waals surface area contributed by atoms with Crippen LogP contribution < -0.4 is 5.73 Å². The molecule has 0 radical (unpaired) electrons. The molecule has 4 N–H and O–H groups in total. The Kier molecular flexibility index (Phi) is 5.94. The zero-order chi connectivity index (χ0) is 19.2. The van der Waals surface area contributed by atoms with Crippen LogP contribution in [0.5, 0.6) is 5.75 Å². The molecule has 0 atom stereocenters. The maximum Gasteiger partial charge on any atom is 0.154 e. The van der Waals surface area contributed by atoms with Gasteiger partial charge in [0.25, 0.3) is 0 Å². The maximum atomic E-state index is 10.7. The Morgan fingerprint density at radius 2 is 1.81 bits per heavy atom. The van der Waals surface area contributed by atoms with Crippen LogP contribution in [0.4, 0.5) is 22.7 Å². The van der Waals surface area contributed by atoms with Gasteiger partial charge in [0.15, 0.2) is 5.75 Å². The second kappa shape index (κ2) is 8.56. The predicted molar refractivity (Wildman–Crippen MR) is 102 cm³/mol. The highest BCUT2D eigenvalue weighted by atomic mass is 32.2. The number of nitrogens with two attached hydrogens (primary N) is 1. The fourth-order valence-corrected chi connectivity index (χ4v) is 2.96. The number of phenolic OH excluding ortho intramolecular Hbond substituents is 1. The maximum absolute atomic E-state index is 10.7. The first-order valence-corrected chi connectivity index (χ1v) is 8.39. The zero-order valence-electron chi connectivity index (χ0n) is 14.1. The van der Waals surface area contributed by atoms with Gasteiger partial charge in [-0.15, -0.1) is 9.45 Å². The molecule has 0 heterocycles. The van der Waals surface area contributed by atoms with E-state index in [4.69, 9.17) is 11.0 Å². The van der Waals surface area contributed by atoms with Crippen molar-refractivity contribution in [2.75, 3.05) is 12.8 Å². The molecule has 0 bridgehead atoms. The van der Waals surface area contributed by atoms with Gasteiger partial charge in [-0.25, -0.2) is 5.26 Å². The molecule has 0 saturated heterocycles. The van der Waals surface area contributed by atoms with E-state index in [9.17, 15) is 5.11 Å². The summed E-state index contributed by atoms with van der Waals surface area (Å²) in [6.45, 7) is 0. The molecule has 0 unspecified atom stereocenters. The van der Waals surface area contributed by atoms with Crippen molar-refractivity contribution in [3.05, 3.63) is 48.5 Å². The normalized spacial score (nSPS) is 11.8. The molecule has 0 aliphatic heterocycles. The van der Waals surface area contributed by atoms with Gasteiger partial charge in [-0.2, -0.15) is 15.3 Å². The van der Waals surface area contributed by atoms with Crippen molar-refractivity contribution in [3.63, 3.8) is 0 Å². The smallest absolute Gasteiger partial charge is 0.154 e. The van der Waals surface area contributed by atoms with Crippen LogP contribution in [0.2, 0.25) is 0 Å². The Morgan fingerprint density at radius 3 is 2.52 bits per heavy atom. The summed E-state index contributed by atoms with van der Waals surface area (Å²) < 4.78 is 4.45. The number of rotatable bonds is 6. The lowest BCUT2D eigenvalue weighted by molar-refractivity contribution is -0.432. The van der Waals surface area contributed by atoms with E-state index in [1.54, 1.807) is 18.2 Å². The number of hydrogen-bond acceptors (Lipinski definition) is 10. The van der Waals surface area contributed by atoms with Crippen molar-refractivity contribution in [2.24, 2.45) is 20.5 Å². The molecular weight excluding hydrogens is 370 g/mol. The fourth-order valence-electron chi connectivity index (χ4n) is 2.46. The summed E-state index contributed by atoms with van der Waals surface area (Å²) in [5, 5.41) is 39.5. The van der Waals surface area contributed by atoms with Gasteiger partial charge >= 0.3 is 0 Å². The van der Waals surface area contributed by atoms with Crippen molar-refractivity contribution >= 4 is 45.6 Å². The number of benzene rings is 3. The van der Waals surface area contributed by atoms with Crippen molar-refractivity contribution < 1.29 is 19.7 Å². The number of phenols is 1. The Bertz CT molecular complexity index is 1010. The largest absolute Gasteiger partial charge is 0.505 e. The van der Waals surface area contributed by atoms with Crippen molar-refractivity contribution in [1.82, 2.24) is 0 Å². The summed E-state index contributed by atoms with van der Waals surface area (Å²) in [6.07, 6.45) is 0. The topological polar surface area (TPSA) is 134 Å². The molecule has 0 fully saturated rings. The molecule has 0 spiro atoms. The highest BCUT2D eigenvalue weighted by Crippen LogP contribution is 2.47. The van der Waals surface area contributed by atoms with Crippen LogP contribution in [0.3, 0.4) is 0 Å². The fraction of sp³-hybridized carbons (Fsp3) is 0.0588. The summed E-state index contributed by atoms with van der Waals surface area (Å²) in [7, 11) is 1.45. The molecule has 138 valence electrons. The molecule has 0 aliphatic rings. The summed E-state index contributed by atoms with van der Waals surface area (Å²) in [4.78, 5) is 0.373. The molecule has 3 aromatic carbocycles. The van der Waals surface area contributed by atoms with Crippen LogP contribution >= 0.6 is 12.0 Å². The number of nitrogen functional groups attached to an aromatic ring is 1. The average molecular weight is 385 g/mol. The van der Waals surface area contributed by atoms with E-state index in [0.717, 1.165) is 0 Å². The first-order valence-electron chi connectivity index (χ1n) is 7.65. The van der Waals surface area contributed by atoms with Crippen LogP contribution in [0, 0.1) is 0 Å². The molecule has 3 aromatic rings. The van der Waals surface area contributed by atoms with E-state index in [-0.39, 0.29) is 17.1 Å². The van der Waals surface area contributed by atoms with Gasteiger partial charge in [-0.3, -0.25) is 0 Å². The minimum Gasteiger partial charge on any atom is -0.505 e. The Morgan fingerprint density at radius 1 is 1.04 bits per heavy atom. The van der Waals surface area contributed by atoms with E-state index in [1.165, 1.54) is 7.05 Å². The van der Waals surface area contributed by atoms with E-state index in [1.807, 2.05) is 30.3 Å². The van der Waals surface area contributed by atoms with Crippen LogP contribution in [0.15, 0.2) is 73.9 Å². The predicted octanol–water partition coefficient (Wildman–Crippen LogP) is 5.68. The van der Waals surface area contributed by atoms with Crippen molar-refractivity contribution in [1.29, 1.82) is 0 Å². The van der Waals surface area contributed by atoms with Gasteiger partial charge in [-0.05, 0) is 29.7 Å². The van der Waals surface area contributed by atoms with Gasteiger partial charge in [-0.1, -0.05) is 29.3 Å². The first kappa shape index (κ1) is 18.7. The Hall–Kier alpha value is -3.05. The van der Waals surface area contributed by atoms with Crippen LogP contribution in [0.1, 0.15) is 0 Å². The quantitative estimate of drug-likeness (QED) is 0.164. The number of hydrogen-bond donors (Lipinski definition) is 3. The molecule has 0 aliphatic carbocycles. The lowest BCUT2D eigenvalue weighted by atomic mass is 10.1. The van der Waals surface area contributed by atoms with Gasteiger partial charge in [0, 0.05) is 7.05 Å². The molecule has 0 amide bonds. The molecule has 3 rings (SSSR count). The van der Waals surface area contributed by atoms with Gasteiger partial charge in [0.1, 0.15) is 11.4 Å². The van der Waals surface area contributed by atoms with Gasteiger partial charge < -0.3 is 10.8 Å². The lowest BCUT2D eigenvalue weighted by Crippen LogP contribution is -1.90. The van der Waals surface area contributed by atoms with Crippen LogP contribution in [-0.4, -0.2) is 17.4 Å². The van der Waals surface area contributed by atoms with Crippen LogP contribution in [-0.2, 0) is 9.37 Å². The van der Waals surface area contributed by atoms with Gasteiger partial charge in [0.2, 0.25) is 0 Å². The first-order chi connectivity index (χ1) is 13.2. The van der Waals surface area contributed by atoms with Crippen molar-refractivity contribution in [3.8, 4) is 5.75 Å². The number of aromatic hydroxyl groups is 1.